The van der Waals surface area contributed by atoms with E-state index in [1.165, 1.54) is 22.7 Å². The fourth-order valence-electron chi connectivity index (χ4n) is 2.82. The normalized spacial score (nSPS) is 13.7. The number of aliphatic imine (C=N–C) groups is 1. The largest absolute Gasteiger partial charge is 0.361 e. The van der Waals surface area contributed by atoms with Crippen LogP contribution in [0.4, 0.5) is 0 Å². The predicted octanol–water partition coefficient (Wildman–Crippen LogP) is 2.48. The van der Waals surface area contributed by atoms with Gasteiger partial charge in [-0.05, 0) is 44.7 Å². The highest BCUT2D eigenvalue weighted by Crippen LogP contribution is 2.18. The maximum absolute atomic E-state index is 11.3. The molecule has 0 fully saturated rings. The molecule has 0 spiro atoms. The summed E-state index contributed by atoms with van der Waals surface area (Å²) < 4.78 is 22.6. The van der Waals surface area contributed by atoms with E-state index < -0.39 is 9.84 Å². The SMILES string of the molecule is CCNC(=NCCCc1c[nH]c2ccccc12)NC(C)CCS(C)(=O)=O. The van der Waals surface area contributed by atoms with Gasteiger partial charge in [0, 0.05) is 42.5 Å². The second-order valence-electron chi connectivity index (χ2n) is 6.69. The molecule has 0 amide bonds. The van der Waals surface area contributed by atoms with Crippen molar-refractivity contribution in [1.29, 1.82) is 0 Å². The lowest BCUT2D eigenvalue weighted by molar-refractivity contribution is 0.581. The topological polar surface area (TPSA) is 86.3 Å². The Bertz CT molecular complexity index is 827. The zero-order chi connectivity index (χ0) is 19.0. The highest BCUT2D eigenvalue weighted by molar-refractivity contribution is 7.90. The molecule has 0 aliphatic carbocycles. The van der Waals surface area contributed by atoms with Gasteiger partial charge in [0.2, 0.25) is 0 Å². The average molecular weight is 379 g/mol. The van der Waals surface area contributed by atoms with Crippen molar-refractivity contribution < 1.29 is 8.42 Å². The molecule has 0 saturated heterocycles. The number of aryl methyl sites for hydroxylation is 1. The monoisotopic (exact) mass is 378 g/mol. The van der Waals surface area contributed by atoms with E-state index in [-0.39, 0.29) is 11.8 Å². The second-order valence-corrected chi connectivity index (χ2v) is 8.95. The van der Waals surface area contributed by atoms with Gasteiger partial charge in [-0.2, -0.15) is 0 Å². The standard InChI is InChI=1S/C19H30N4O2S/c1-4-20-19(23-15(2)11-13-26(3,24)25)21-12-7-8-16-14-22-18-10-6-5-9-17(16)18/h5-6,9-10,14-15,22H,4,7-8,11-13H2,1-3H3,(H2,20,21,23). The van der Waals surface area contributed by atoms with E-state index in [0.29, 0.717) is 13.0 Å². The minimum atomic E-state index is -2.93. The summed E-state index contributed by atoms with van der Waals surface area (Å²) in [7, 11) is -2.93. The number of sulfone groups is 1. The fraction of sp³-hybridized carbons (Fsp3) is 0.526. The van der Waals surface area contributed by atoms with Crippen molar-refractivity contribution in [3.05, 3.63) is 36.0 Å². The quantitative estimate of drug-likeness (QED) is 0.355. The molecule has 7 heteroatoms. The number of hydrogen-bond donors (Lipinski definition) is 3. The number of hydrogen-bond acceptors (Lipinski definition) is 3. The van der Waals surface area contributed by atoms with Crippen molar-refractivity contribution in [1.82, 2.24) is 15.6 Å². The summed E-state index contributed by atoms with van der Waals surface area (Å²) in [6.45, 7) is 5.48. The first kappa shape index (κ1) is 20.3. The van der Waals surface area contributed by atoms with E-state index in [0.717, 1.165) is 25.3 Å². The Labute approximate surface area is 156 Å². The number of H-pyrrole nitrogens is 1. The number of fused-ring (bicyclic) bond motifs is 1. The van der Waals surface area contributed by atoms with Gasteiger partial charge in [-0.15, -0.1) is 0 Å². The van der Waals surface area contributed by atoms with E-state index in [1.54, 1.807) is 0 Å². The molecule has 1 aromatic heterocycles. The molecule has 0 aliphatic heterocycles. The minimum absolute atomic E-state index is 0.0520. The first-order valence-corrected chi connectivity index (χ1v) is 11.2. The summed E-state index contributed by atoms with van der Waals surface area (Å²) in [5.41, 5.74) is 2.48. The molecule has 2 rings (SSSR count). The van der Waals surface area contributed by atoms with Crippen LogP contribution >= 0.6 is 0 Å². The molecular weight excluding hydrogens is 348 g/mol. The summed E-state index contributed by atoms with van der Waals surface area (Å²) in [6, 6.07) is 8.37. The summed E-state index contributed by atoms with van der Waals surface area (Å²) >= 11 is 0. The van der Waals surface area contributed by atoms with Crippen molar-refractivity contribution in [3.8, 4) is 0 Å². The van der Waals surface area contributed by atoms with Gasteiger partial charge in [0.15, 0.2) is 5.96 Å². The molecule has 1 heterocycles. The Morgan fingerprint density at radius 3 is 2.81 bits per heavy atom. The van der Waals surface area contributed by atoms with Crippen LogP contribution in [-0.2, 0) is 16.3 Å². The Kier molecular flexibility index (Phi) is 7.50. The Morgan fingerprint density at radius 2 is 2.08 bits per heavy atom. The van der Waals surface area contributed by atoms with Gasteiger partial charge in [-0.3, -0.25) is 4.99 Å². The van der Waals surface area contributed by atoms with Gasteiger partial charge in [0.05, 0.1) is 5.75 Å². The third-order valence-corrected chi connectivity index (χ3v) is 5.18. The second kappa shape index (κ2) is 9.62. The van der Waals surface area contributed by atoms with E-state index in [9.17, 15) is 8.42 Å². The van der Waals surface area contributed by atoms with E-state index in [2.05, 4.69) is 45.0 Å². The Morgan fingerprint density at radius 1 is 1.31 bits per heavy atom. The number of para-hydroxylation sites is 1. The summed E-state index contributed by atoms with van der Waals surface area (Å²) in [5, 5.41) is 7.77. The maximum atomic E-state index is 11.3. The van der Waals surface area contributed by atoms with Crippen LogP contribution in [-0.4, -0.2) is 50.5 Å². The molecule has 144 valence electrons. The predicted molar refractivity (Wildman–Crippen MR) is 110 cm³/mol. The van der Waals surface area contributed by atoms with Crippen molar-refractivity contribution in [2.24, 2.45) is 4.99 Å². The van der Waals surface area contributed by atoms with Crippen LogP contribution in [0, 0.1) is 0 Å². The van der Waals surface area contributed by atoms with E-state index in [4.69, 9.17) is 0 Å². The number of nitrogens with one attached hydrogen (secondary N) is 3. The number of aromatic nitrogens is 1. The highest BCUT2D eigenvalue weighted by atomic mass is 32.2. The van der Waals surface area contributed by atoms with Gasteiger partial charge in [-0.1, -0.05) is 18.2 Å². The van der Waals surface area contributed by atoms with Crippen molar-refractivity contribution in [2.45, 2.75) is 39.2 Å². The molecule has 1 atom stereocenters. The van der Waals surface area contributed by atoms with Gasteiger partial charge >= 0.3 is 0 Å². The fourth-order valence-corrected chi connectivity index (χ4v) is 3.60. The van der Waals surface area contributed by atoms with Crippen LogP contribution in [0.5, 0.6) is 0 Å². The van der Waals surface area contributed by atoms with Crippen molar-refractivity contribution in [2.75, 3.05) is 25.1 Å². The maximum Gasteiger partial charge on any atom is 0.191 e. The van der Waals surface area contributed by atoms with Gasteiger partial charge in [0.1, 0.15) is 9.84 Å². The lowest BCUT2D eigenvalue weighted by Gasteiger charge is -2.17. The van der Waals surface area contributed by atoms with Crippen LogP contribution in [0.1, 0.15) is 32.3 Å². The first-order valence-electron chi connectivity index (χ1n) is 9.16. The number of guanidine groups is 1. The van der Waals surface area contributed by atoms with Crippen LogP contribution in [0.15, 0.2) is 35.5 Å². The summed E-state index contributed by atoms with van der Waals surface area (Å²) in [5.74, 6) is 0.925. The average Bonchev–Trinajstić information content (AvgIpc) is 3.00. The smallest absolute Gasteiger partial charge is 0.191 e. The van der Waals surface area contributed by atoms with Crippen molar-refractivity contribution >= 4 is 26.7 Å². The van der Waals surface area contributed by atoms with Crippen LogP contribution in [0.25, 0.3) is 10.9 Å². The van der Waals surface area contributed by atoms with E-state index in [1.807, 2.05) is 19.9 Å². The zero-order valence-corrected chi connectivity index (χ0v) is 16.7. The van der Waals surface area contributed by atoms with Crippen molar-refractivity contribution in [3.63, 3.8) is 0 Å². The molecule has 0 aliphatic rings. The summed E-state index contributed by atoms with van der Waals surface area (Å²) in [4.78, 5) is 7.91. The van der Waals surface area contributed by atoms with Crippen LogP contribution < -0.4 is 10.6 Å². The molecule has 0 radical (unpaired) electrons. The van der Waals surface area contributed by atoms with Gasteiger partial charge in [0.25, 0.3) is 0 Å². The zero-order valence-electron chi connectivity index (χ0n) is 15.9. The number of rotatable bonds is 9. The molecule has 26 heavy (non-hydrogen) atoms. The van der Waals surface area contributed by atoms with Gasteiger partial charge in [-0.25, -0.2) is 8.42 Å². The molecule has 6 nitrogen and oxygen atoms in total. The molecule has 2 aromatic rings. The lowest BCUT2D eigenvalue weighted by Crippen LogP contribution is -2.42. The third-order valence-electron chi connectivity index (χ3n) is 4.20. The molecule has 0 saturated carbocycles. The first-order chi connectivity index (χ1) is 12.4. The summed E-state index contributed by atoms with van der Waals surface area (Å²) in [6.07, 6.45) is 5.83. The van der Waals surface area contributed by atoms with Gasteiger partial charge < -0.3 is 15.6 Å². The third kappa shape index (κ3) is 6.71. The number of nitrogens with zero attached hydrogens (tertiary/aromatic N) is 1. The molecule has 0 bridgehead atoms. The minimum Gasteiger partial charge on any atom is -0.361 e. The van der Waals surface area contributed by atoms with Crippen LogP contribution in [0.3, 0.4) is 0 Å². The van der Waals surface area contributed by atoms with E-state index >= 15 is 0 Å². The number of aromatic amines is 1. The Balaban J connectivity index is 1.84. The highest BCUT2D eigenvalue weighted by Gasteiger charge is 2.09. The molecular formula is C19H30N4O2S. The Hall–Kier alpha value is -2.02. The lowest BCUT2D eigenvalue weighted by atomic mass is 10.1. The number of benzene rings is 1. The molecule has 3 N–H and O–H groups in total. The molecule has 1 unspecified atom stereocenters. The molecule has 1 aromatic carbocycles. The van der Waals surface area contributed by atoms with Crippen LogP contribution in [0.2, 0.25) is 0 Å².